The number of ether oxygens (including phenoxy) is 1. The zero-order chi connectivity index (χ0) is 26.1. The Balaban J connectivity index is 1.63. The summed E-state index contributed by atoms with van der Waals surface area (Å²) in [5.41, 5.74) is 3.89. The van der Waals surface area contributed by atoms with Crippen LogP contribution in [0.2, 0.25) is 0 Å². The molecule has 0 aliphatic rings. The Bertz CT molecular complexity index is 1610. The van der Waals surface area contributed by atoms with Crippen LogP contribution in [-0.4, -0.2) is 67.0 Å². The normalized spacial score (nSPS) is 11.5. The molecule has 0 bridgehead atoms. The van der Waals surface area contributed by atoms with Crippen molar-refractivity contribution in [1.82, 2.24) is 39.4 Å². The lowest BCUT2D eigenvalue weighted by Crippen LogP contribution is -2.07. The SMILES string of the molecule is COc1ccc(-c2c(C)n(Cc3cn(-c4ccc(F)cc4F)nn3)c3ncnc(N=CN(C)C)c23)cn1. The summed E-state index contributed by atoms with van der Waals surface area (Å²) in [6.07, 6.45) is 6.46. The largest absolute Gasteiger partial charge is 0.481 e. The van der Waals surface area contributed by atoms with Crippen molar-refractivity contribution < 1.29 is 13.5 Å². The first kappa shape index (κ1) is 24.0. The van der Waals surface area contributed by atoms with Crippen molar-refractivity contribution in [2.45, 2.75) is 13.5 Å². The summed E-state index contributed by atoms with van der Waals surface area (Å²) in [4.78, 5) is 19.7. The van der Waals surface area contributed by atoms with Gasteiger partial charge >= 0.3 is 0 Å². The average molecular weight is 504 g/mol. The van der Waals surface area contributed by atoms with Crippen molar-refractivity contribution in [1.29, 1.82) is 0 Å². The average Bonchev–Trinajstić information content (AvgIpc) is 3.46. The van der Waals surface area contributed by atoms with Gasteiger partial charge in [-0.1, -0.05) is 5.21 Å². The van der Waals surface area contributed by atoms with Crippen molar-refractivity contribution in [2.24, 2.45) is 4.99 Å². The van der Waals surface area contributed by atoms with E-state index in [1.165, 1.54) is 23.1 Å². The molecule has 4 heterocycles. The predicted octanol–water partition coefficient (Wildman–Crippen LogP) is 3.94. The van der Waals surface area contributed by atoms with E-state index >= 15 is 0 Å². The molecule has 0 aliphatic carbocycles. The van der Waals surface area contributed by atoms with E-state index in [9.17, 15) is 8.78 Å². The monoisotopic (exact) mass is 503 g/mol. The highest BCUT2D eigenvalue weighted by Crippen LogP contribution is 2.38. The number of pyridine rings is 1. The number of halogens is 2. The van der Waals surface area contributed by atoms with E-state index in [4.69, 9.17) is 4.74 Å². The third kappa shape index (κ3) is 4.60. The quantitative estimate of drug-likeness (QED) is 0.245. The minimum absolute atomic E-state index is 0.0990. The Hall–Kier alpha value is -4.74. The van der Waals surface area contributed by atoms with Gasteiger partial charge in [0, 0.05) is 49.2 Å². The summed E-state index contributed by atoms with van der Waals surface area (Å²) in [6, 6.07) is 7.00. The summed E-state index contributed by atoms with van der Waals surface area (Å²) in [7, 11) is 5.31. The number of fused-ring (bicyclic) bond motifs is 1. The van der Waals surface area contributed by atoms with Gasteiger partial charge in [0.25, 0.3) is 0 Å². The summed E-state index contributed by atoms with van der Waals surface area (Å²) in [5, 5.41) is 9.00. The molecular weight excluding hydrogens is 480 g/mol. The Kier molecular flexibility index (Phi) is 6.30. The molecule has 10 nitrogen and oxygen atoms in total. The van der Waals surface area contributed by atoms with Gasteiger partial charge in [0.05, 0.1) is 31.6 Å². The molecule has 188 valence electrons. The van der Waals surface area contributed by atoms with Gasteiger partial charge in [-0.15, -0.1) is 5.10 Å². The molecule has 4 aromatic heterocycles. The number of aromatic nitrogens is 7. The Morgan fingerprint density at radius 2 is 1.95 bits per heavy atom. The Morgan fingerprint density at radius 3 is 2.65 bits per heavy atom. The predicted molar refractivity (Wildman–Crippen MR) is 134 cm³/mol. The van der Waals surface area contributed by atoms with Gasteiger partial charge in [-0.05, 0) is 25.1 Å². The maximum absolute atomic E-state index is 14.3. The van der Waals surface area contributed by atoms with E-state index in [0.717, 1.165) is 28.3 Å². The highest BCUT2D eigenvalue weighted by Gasteiger charge is 2.22. The van der Waals surface area contributed by atoms with Crippen molar-refractivity contribution >= 4 is 23.2 Å². The van der Waals surface area contributed by atoms with Crippen molar-refractivity contribution in [3.8, 4) is 22.7 Å². The zero-order valence-electron chi connectivity index (χ0n) is 20.6. The van der Waals surface area contributed by atoms with Gasteiger partial charge in [0.1, 0.15) is 29.2 Å². The number of rotatable bonds is 7. The van der Waals surface area contributed by atoms with Crippen LogP contribution in [0.3, 0.4) is 0 Å². The zero-order valence-corrected chi connectivity index (χ0v) is 20.6. The van der Waals surface area contributed by atoms with Crippen LogP contribution in [0.15, 0.2) is 54.0 Å². The van der Waals surface area contributed by atoms with Crippen LogP contribution in [-0.2, 0) is 6.54 Å². The van der Waals surface area contributed by atoms with E-state index < -0.39 is 11.6 Å². The van der Waals surface area contributed by atoms with Gasteiger partial charge in [0.2, 0.25) is 5.88 Å². The molecule has 12 heteroatoms. The second kappa shape index (κ2) is 9.72. The lowest BCUT2D eigenvalue weighted by atomic mass is 10.1. The van der Waals surface area contributed by atoms with Gasteiger partial charge < -0.3 is 14.2 Å². The smallest absolute Gasteiger partial charge is 0.212 e. The summed E-state index contributed by atoms with van der Waals surface area (Å²) in [5.74, 6) is -0.395. The maximum atomic E-state index is 14.3. The lowest BCUT2D eigenvalue weighted by Gasteiger charge is -2.07. The molecular formula is C25H23F2N9O. The van der Waals surface area contributed by atoms with Crippen LogP contribution in [0.1, 0.15) is 11.4 Å². The van der Waals surface area contributed by atoms with Crippen LogP contribution < -0.4 is 4.74 Å². The fourth-order valence-electron chi connectivity index (χ4n) is 4.05. The molecule has 0 N–H and O–H groups in total. The maximum Gasteiger partial charge on any atom is 0.212 e. The summed E-state index contributed by atoms with van der Waals surface area (Å²) in [6.45, 7) is 2.26. The van der Waals surface area contributed by atoms with E-state index in [1.807, 2.05) is 36.6 Å². The number of hydrogen-bond donors (Lipinski definition) is 0. The molecule has 0 spiro atoms. The molecule has 0 fully saturated rings. The van der Waals surface area contributed by atoms with Gasteiger partial charge in [0.15, 0.2) is 11.6 Å². The van der Waals surface area contributed by atoms with Crippen LogP contribution in [0, 0.1) is 18.6 Å². The molecule has 37 heavy (non-hydrogen) atoms. The fraction of sp³-hybridized carbons (Fsp3) is 0.200. The molecule has 0 amide bonds. The second-order valence-electron chi connectivity index (χ2n) is 8.49. The third-order valence-corrected chi connectivity index (χ3v) is 5.74. The standard InChI is InChI=1S/C25H23F2N9O/c1-15-22(16-5-8-21(37-4)28-10-16)23-24(31-14-34(2)3)29-13-30-25(23)35(15)11-18-12-36(33-32-18)20-7-6-17(26)9-19(20)27/h5-10,12-14H,11H2,1-4H3. The number of nitrogens with zero attached hydrogens (tertiary/aromatic N) is 9. The number of hydrogen-bond acceptors (Lipinski definition) is 7. The Labute approximate surface area is 210 Å². The first-order chi connectivity index (χ1) is 17.9. The molecule has 0 unspecified atom stereocenters. The van der Waals surface area contributed by atoms with E-state index in [2.05, 4.69) is 30.3 Å². The minimum Gasteiger partial charge on any atom is -0.481 e. The van der Waals surface area contributed by atoms with E-state index in [1.54, 1.807) is 31.9 Å². The van der Waals surface area contributed by atoms with Gasteiger partial charge in [-0.3, -0.25) is 0 Å². The molecule has 0 radical (unpaired) electrons. The molecule has 0 aliphatic heterocycles. The van der Waals surface area contributed by atoms with Crippen molar-refractivity contribution in [3.63, 3.8) is 0 Å². The lowest BCUT2D eigenvalue weighted by molar-refractivity contribution is 0.398. The van der Waals surface area contributed by atoms with E-state index in [0.29, 0.717) is 29.6 Å². The van der Waals surface area contributed by atoms with Crippen molar-refractivity contribution in [3.05, 3.63) is 72.1 Å². The van der Waals surface area contributed by atoms with E-state index in [-0.39, 0.29) is 5.69 Å². The van der Waals surface area contributed by atoms with Crippen LogP contribution in [0.25, 0.3) is 27.8 Å². The highest BCUT2D eigenvalue weighted by atomic mass is 19.1. The molecule has 5 rings (SSSR count). The minimum atomic E-state index is -0.732. The molecule has 0 saturated carbocycles. The summed E-state index contributed by atoms with van der Waals surface area (Å²) >= 11 is 0. The van der Waals surface area contributed by atoms with Gasteiger partial charge in [-0.25, -0.2) is 33.4 Å². The third-order valence-electron chi connectivity index (χ3n) is 5.74. The molecule has 0 saturated heterocycles. The van der Waals surface area contributed by atoms with Crippen LogP contribution in [0.4, 0.5) is 14.6 Å². The van der Waals surface area contributed by atoms with Gasteiger partial charge in [-0.2, -0.15) is 0 Å². The molecule has 5 aromatic rings. The number of aliphatic imine (C=N–C) groups is 1. The second-order valence-corrected chi connectivity index (χ2v) is 8.49. The van der Waals surface area contributed by atoms with Crippen LogP contribution >= 0.6 is 0 Å². The number of benzene rings is 1. The van der Waals surface area contributed by atoms with Crippen molar-refractivity contribution in [2.75, 3.05) is 21.2 Å². The first-order valence-electron chi connectivity index (χ1n) is 11.3. The first-order valence-corrected chi connectivity index (χ1v) is 11.3. The number of methoxy groups -OCH3 is 1. The molecule has 1 aromatic carbocycles. The Morgan fingerprint density at radius 1 is 1.11 bits per heavy atom. The highest BCUT2D eigenvalue weighted by molar-refractivity contribution is 6.02. The van der Waals surface area contributed by atoms with Crippen LogP contribution in [0.5, 0.6) is 5.88 Å². The molecule has 0 atom stereocenters. The topological polar surface area (TPSA) is 99.1 Å². The summed E-state index contributed by atoms with van der Waals surface area (Å²) < 4.78 is 36.1. The fourth-order valence-corrected chi connectivity index (χ4v) is 4.05.